The van der Waals surface area contributed by atoms with Crippen LogP contribution in [0.25, 0.3) is 11.0 Å². The fourth-order valence-corrected chi connectivity index (χ4v) is 2.55. The van der Waals surface area contributed by atoms with E-state index in [4.69, 9.17) is 11.6 Å². The van der Waals surface area contributed by atoms with Gasteiger partial charge in [-0.25, -0.2) is 9.37 Å². The molecule has 0 amide bonds. The van der Waals surface area contributed by atoms with Gasteiger partial charge in [0.25, 0.3) is 0 Å². The standard InChI is InChI=1S/C14H16ClFN2/c1-9(15)14-17-13-11(16)3-2-4-12(13)18(14)8-7-10-5-6-10/h2-4,9-10H,5-8H2,1H3. The van der Waals surface area contributed by atoms with Crippen LogP contribution in [0.1, 0.15) is 37.4 Å². The average Bonchev–Trinajstić information content (AvgIpc) is 3.07. The molecule has 4 heteroatoms. The summed E-state index contributed by atoms with van der Waals surface area (Å²) in [7, 11) is 0. The van der Waals surface area contributed by atoms with Crippen molar-refractivity contribution < 1.29 is 4.39 Å². The van der Waals surface area contributed by atoms with Gasteiger partial charge in [-0.15, -0.1) is 11.6 Å². The predicted molar refractivity (Wildman–Crippen MR) is 71.3 cm³/mol. The number of alkyl halides is 1. The summed E-state index contributed by atoms with van der Waals surface area (Å²) in [4.78, 5) is 4.37. The Bertz CT molecular complexity index is 572. The Morgan fingerprint density at radius 3 is 2.94 bits per heavy atom. The van der Waals surface area contributed by atoms with Crippen LogP contribution in [0.2, 0.25) is 0 Å². The first kappa shape index (κ1) is 12.0. The van der Waals surface area contributed by atoms with Crippen LogP contribution >= 0.6 is 11.6 Å². The first-order valence-electron chi connectivity index (χ1n) is 6.45. The zero-order valence-corrected chi connectivity index (χ0v) is 11.1. The van der Waals surface area contributed by atoms with Crippen molar-refractivity contribution >= 4 is 22.6 Å². The fraction of sp³-hybridized carbons (Fsp3) is 0.500. The smallest absolute Gasteiger partial charge is 0.151 e. The van der Waals surface area contributed by atoms with Crippen LogP contribution in [0.3, 0.4) is 0 Å². The van der Waals surface area contributed by atoms with Gasteiger partial charge in [0.15, 0.2) is 5.82 Å². The van der Waals surface area contributed by atoms with Crippen molar-refractivity contribution in [2.24, 2.45) is 5.92 Å². The Morgan fingerprint density at radius 2 is 2.28 bits per heavy atom. The van der Waals surface area contributed by atoms with Gasteiger partial charge in [0.2, 0.25) is 0 Å². The number of benzene rings is 1. The molecule has 1 heterocycles. The number of nitrogens with zero attached hydrogens (tertiary/aromatic N) is 2. The lowest BCUT2D eigenvalue weighted by molar-refractivity contribution is 0.585. The number of aromatic nitrogens is 2. The quantitative estimate of drug-likeness (QED) is 0.756. The summed E-state index contributed by atoms with van der Waals surface area (Å²) in [6.07, 6.45) is 3.79. The highest BCUT2D eigenvalue weighted by Gasteiger charge is 2.23. The Kier molecular flexibility index (Phi) is 3.02. The Hall–Kier alpha value is -1.09. The number of hydrogen-bond donors (Lipinski definition) is 0. The van der Waals surface area contributed by atoms with Crippen LogP contribution in [0.4, 0.5) is 4.39 Å². The monoisotopic (exact) mass is 266 g/mol. The number of para-hydroxylation sites is 1. The fourth-order valence-electron chi connectivity index (χ4n) is 2.39. The van der Waals surface area contributed by atoms with Crippen molar-refractivity contribution in [3.8, 4) is 0 Å². The molecular formula is C14H16ClFN2. The third-order valence-electron chi connectivity index (χ3n) is 3.57. The van der Waals surface area contributed by atoms with Crippen LogP contribution in [0, 0.1) is 11.7 Å². The first-order valence-corrected chi connectivity index (χ1v) is 6.89. The number of halogens is 2. The summed E-state index contributed by atoms with van der Waals surface area (Å²) in [6, 6.07) is 5.10. The topological polar surface area (TPSA) is 17.8 Å². The third-order valence-corrected chi connectivity index (χ3v) is 3.77. The molecule has 1 saturated carbocycles. The molecule has 1 aliphatic carbocycles. The molecule has 18 heavy (non-hydrogen) atoms. The number of rotatable bonds is 4. The zero-order chi connectivity index (χ0) is 12.7. The number of aryl methyl sites for hydroxylation is 1. The van der Waals surface area contributed by atoms with E-state index in [1.807, 2.05) is 13.0 Å². The Morgan fingerprint density at radius 1 is 1.50 bits per heavy atom. The molecule has 0 spiro atoms. The van der Waals surface area contributed by atoms with E-state index >= 15 is 0 Å². The molecule has 2 aromatic rings. The van der Waals surface area contributed by atoms with Crippen molar-refractivity contribution in [3.63, 3.8) is 0 Å². The van der Waals surface area contributed by atoms with Crippen molar-refractivity contribution in [1.82, 2.24) is 9.55 Å². The molecule has 0 saturated heterocycles. The molecule has 0 bridgehead atoms. The summed E-state index contributed by atoms with van der Waals surface area (Å²) in [5.74, 6) is 1.35. The zero-order valence-electron chi connectivity index (χ0n) is 10.4. The molecule has 1 aliphatic rings. The SMILES string of the molecule is CC(Cl)c1nc2c(F)cccc2n1CCC1CC1. The van der Waals surface area contributed by atoms with E-state index in [0.29, 0.717) is 5.52 Å². The molecule has 0 N–H and O–H groups in total. The lowest BCUT2D eigenvalue weighted by Gasteiger charge is -2.09. The van der Waals surface area contributed by atoms with Gasteiger partial charge >= 0.3 is 0 Å². The first-order chi connectivity index (χ1) is 8.66. The van der Waals surface area contributed by atoms with Crippen molar-refractivity contribution in [3.05, 3.63) is 29.8 Å². The van der Waals surface area contributed by atoms with E-state index in [-0.39, 0.29) is 11.2 Å². The predicted octanol–water partition coefficient (Wildman–Crippen LogP) is 4.28. The van der Waals surface area contributed by atoms with Crippen LogP contribution < -0.4 is 0 Å². The number of hydrogen-bond acceptors (Lipinski definition) is 1. The summed E-state index contributed by atoms with van der Waals surface area (Å²) < 4.78 is 15.8. The summed E-state index contributed by atoms with van der Waals surface area (Å²) in [6.45, 7) is 2.77. The minimum absolute atomic E-state index is 0.198. The highest BCUT2D eigenvalue weighted by molar-refractivity contribution is 6.20. The Balaban J connectivity index is 2.05. The lowest BCUT2D eigenvalue weighted by atomic mass is 10.2. The van der Waals surface area contributed by atoms with E-state index in [0.717, 1.165) is 30.2 Å². The van der Waals surface area contributed by atoms with Gasteiger partial charge in [0.05, 0.1) is 10.9 Å². The number of fused-ring (bicyclic) bond motifs is 1. The van der Waals surface area contributed by atoms with Gasteiger partial charge in [-0.05, 0) is 31.4 Å². The van der Waals surface area contributed by atoms with E-state index < -0.39 is 0 Å². The normalized spacial score (nSPS) is 17.3. The summed E-state index contributed by atoms with van der Waals surface area (Å²) >= 11 is 6.16. The van der Waals surface area contributed by atoms with Gasteiger partial charge in [-0.3, -0.25) is 0 Å². The molecule has 3 rings (SSSR count). The van der Waals surface area contributed by atoms with Crippen molar-refractivity contribution in [1.29, 1.82) is 0 Å². The highest BCUT2D eigenvalue weighted by atomic mass is 35.5. The minimum Gasteiger partial charge on any atom is -0.327 e. The van der Waals surface area contributed by atoms with Gasteiger partial charge in [-0.2, -0.15) is 0 Å². The molecule has 1 aromatic heterocycles. The van der Waals surface area contributed by atoms with E-state index in [9.17, 15) is 4.39 Å². The van der Waals surface area contributed by atoms with E-state index in [1.165, 1.54) is 18.9 Å². The van der Waals surface area contributed by atoms with Gasteiger partial charge in [-0.1, -0.05) is 18.9 Å². The molecule has 96 valence electrons. The molecule has 1 aromatic carbocycles. The maximum absolute atomic E-state index is 13.7. The third kappa shape index (κ3) is 2.12. The van der Waals surface area contributed by atoms with E-state index in [1.54, 1.807) is 6.07 Å². The second-order valence-electron chi connectivity index (χ2n) is 5.08. The highest BCUT2D eigenvalue weighted by Crippen LogP contribution is 2.34. The van der Waals surface area contributed by atoms with Crippen LogP contribution in [-0.2, 0) is 6.54 Å². The van der Waals surface area contributed by atoms with Crippen LogP contribution in [0.5, 0.6) is 0 Å². The lowest BCUT2D eigenvalue weighted by Crippen LogP contribution is -2.05. The molecule has 1 unspecified atom stereocenters. The van der Waals surface area contributed by atoms with Crippen LogP contribution in [-0.4, -0.2) is 9.55 Å². The molecule has 1 atom stereocenters. The second kappa shape index (κ2) is 4.54. The van der Waals surface area contributed by atoms with E-state index in [2.05, 4.69) is 9.55 Å². The molecule has 1 fully saturated rings. The van der Waals surface area contributed by atoms with Crippen LogP contribution in [0.15, 0.2) is 18.2 Å². The van der Waals surface area contributed by atoms with Gasteiger partial charge in [0.1, 0.15) is 11.3 Å². The summed E-state index contributed by atoms with van der Waals surface area (Å²) in [5.41, 5.74) is 1.30. The molecule has 0 aliphatic heterocycles. The van der Waals surface area contributed by atoms with Gasteiger partial charge < -0.3 is 4.57 Å². The van der Waals surface area contributed by atoms with Crippen molar-refractivity contribution in [2.45, 2.75) is 38.1 Å². The largest absolute Gasteiger partial charge is 0.327 e. The Labute approximate surface area is 111 Å². The molecular weight excluding hydrogens is 251 g/mol. The molecule has 0 radical (unpaired) electrons. The molecule has 2 nitrogen and oxygen atoms in total. The van der Waals surface area contributed by atoms with Gasteiger partial charge in [0, 0.05) is 6.54 Å². The second-order valence-corrected chi connectivity index (χ2v) is 5.73. The van der Waals surface area contributed by atoms with Crippen molar-refractivity contribution in [2.75, 3.05) is 0 Å². The summed E-state index contributed by atoms with van der Waals surface area (Å²) in [5, 5.41) is -0.198. The maximum Gasteiger partial charge on any atom is 0.151 e. The number of imidazole rings is 1. The minimum atomic E-state index is -0.267. The average molecular weight is 267 g/mol. The maximum atomic E-state index is 13.7.